The second-order valence-corrected chi connectivity index (χ2v) is 5.63. The van der Waals surface area contributed by atoms with Crippen molar-refractivity contribution in [3.8, 4) is 6.07 Å². The fourth-order valence-corrected chi connectivity index (χ4v) is 2.98. The number of rotatable bonds is 8. The number of hydrogen-bond acceptors (Lipinski definition) is 4. The minimum Gasteiger partial charge on any atom is -0.383 e. The van der Waals surface area contributed by atoms with E-state index < -0.39 is 0 Å². The van der Waals surface area contributed by atoms with Gasteiger partial charge >= 0.3 is 0 Å². The highest BCUT2D eigenvalue weighted by Gasteiger charge is 2.37. The lowest BCUT2D eigenvalue weighted by Crippen LogP contribution is -2.36. The van der Waals surface area contributed by atoms with E-state index >= 15 is 0 Å². The molecule has 0 aromatic heterocycles. The summed E-state index contributed by atoms with van der Waals surface area (Å²) < 4.78 is 5.10. The van der Waals surface area contributed by atoms with Crippen molar-refractivity contribution in [3.05, 3.63) is 48.0 Å². The summed E-state index contributed by atoms with van der Waals surface area (Å²) in [6, 6.07) is 9.48. The molecule has 1 amide bonds. The maximum absolute atomic E-state index is 12.6. The number of amides is 1. The highest BCUT2D eigenvalue weighted by atomic mass is 16.5. The molecule has 0 spiro atoms. The summed E-state index contributed by atoms with van der Waals surface area (Å²) in [5, 5.41) is 12.4. The molecular weight excluding hydrogens is 290 g/mol. The van der Waals surface area contributed by atoms with Crippen molar-refractivity contribution in [2.24, 2.45) is 5.92 Å². The van der Waals surface area contributed by atoms with Crippen LogP contribution in [0.4, 0.5) is 0 Å². The molecule has 1 fully saturated rings. The third-order valence-electron chi connectivity index (χ3n) is 4.16. The molecule has 0 radical (unpaired) electrons. The predicted octanol–water partition coefficient (Wildman–Crippen LogP) is 1.87. The SMILES string of the molecule is C=CCN1CC[C@H]([C@@H](NCCOC)c2ccc(C#N)cc2)C1=O. The Morgan fingerprint density at radius 2 is 2.26 bits per heavy atom. The minimum atomic E-state index is -0.0975. The second kappa shape index (κ2) is 8.47. The Morgan fingerprint density at radius 1 is 1.52 bits per heavy atom. The molecular formula is C18H23N3O2. The number of hydrogen-bond donors (Lipinski definition) is 1. The van der Waals surface area contributed by atoms with Gasteiger partial charge in [-0.25, -0.2) is 0 Å². The number of nitriles is 1. The molecule has 5 heteroatoms. The Labute approximate surface area is 137 Å². The number of ether oxygens (including phenoxy) is 1. The Balaban J connectivity index is 2.18. The van der Waals surface area contributed by atoms with E-state index in [0.29, 0.717) is 25.3 Å². The van der Waals surface area contributed by atoms with Gasteiger partial charge in [0, 0.05) is 32.8 Å². The maximum atomic E-state index is 12.6. The third-order valence-corrected chi connectivity index (χ3v) is 4.16. The molecule has 1 N–H and O–H groups in total. The van der Waals surface area contributed by atoms with Crippen LogP contribution in [0.2, 0.25) is 0 Å². The van der Waals surface area contributed by atoms with Crippen LogP contribution in [0.3, 0.4) is 0 Å². The van der Waals surface area contributed by atoms with Gasteiger partial charge in [-0.3, -0.25) is 4.79 Å². The number of carbonyl (C=O) groups excluding carboxylic acids is 1. The fraction of sp³-hybridized carbons (Fsp3) is 0.444. The quantitative estimate of drug-likeness (QED) is 0.588. The molecule has 1 aromatic carbocycles. The van der Waals surface area contributed by atoms with Gasteiger partial charge in [0.2, 0.25) is 5.91 Å². The molecule has 0 unspecified atom stereocenters. The van der Waals surface area contributed by atoms with Crippen LogP contribution < -0.4 is 5.32 Å². The molecule has 0 saturated carbocycles. The average molecular weight is 313 g/mol. The Morgan fingerprint density at radius 3 is 2.87 bits per heavy atom. The smallest absolute Gasteiger partial charge is 0.227 e. The van der Waals surface area contributed by atoms with Crippen LogP contribution in [0, 0.1) is 17.2 Å². The fourth-order valence-electron chi connectivity index (χ4n) is 2.98. The summed E-state index contributed by atoms with van der Waals surface area (Å²) >= 11 is 0. The van der Waals surface area contributed by atoms with Crippen LogP contribution in [0.1, 0.15) is 23.6 Å². The van der Waals surface area contributed by atoms with Gasteiger partial charge in [-0.15, -0.1) is 6.58 Å². The van der Waals surface area contributed by atoms with Crippen molar-refractivity contribution in [1.29, 1.82) is 5.26 Å². The lowest BCUT2D eigenvalue weighted by molar-refractivity contribution is -0.131. The first kappa shape index (κ1) is 17.2. The summed E-state index contributed by atoms with van der Waals surface area (Å²) in [5.74, 6) is 0.0592. The van der Waals surface area contributed by atoms with E-state index in [0.717, 1.165) is 18.5 Å². The Hall–Kier alpha value is -2.16. The van der Waals surface area contributed by atoms with Crippen molar-refractivity contribution < 1.29 is 9.53 Å². The summed E-state index contributed by atoms with van der Waals surface area (Å²) in [4.78, 5) is 14.5. The molecule has 2 atom stereocenters. The standard InChI is InChI=1S/C18H23N3O2/c1-3-10-21-11-8-16(18(21)22)17(20-9-12-23-2)15-6-4-14(13-19)5-7-15/h3-7,16-17,20H,1,8-12H2,2H3/t16-,17+/m1/s1. The molecule has 2 rings (SSSR count). The largest absolute Gasteiger partial charge is 0.383 e. The van der Waals surface area contributed by atoms with Crippen LogP contribution in [0.15, 0.2) is 36.9 Å². The molecule has 1 aliphatic rings. The second-order valence-electron chi connectivity index (χ2n) is 5.63. The van der Waals surface area contributed by atoms with Gasteiger partial charge in [-0.05, 0) is 24.1 Å². The van der Waals surface area contributed by atoms with Crippen molar-refractivity contribution in [1.82, 2.24) is 10.2 Å². The first-order chi connectivity index (χ1) is 11.2. The Kier molecular flexibility index (Phi) is 6.33. The summed E-state index contributed by atoms with van der Waals surface area (Å²) in [6.45, 7) is 6.32. The van der Waals surface area contributed by atoms with E-state index in [1.165, 1.54) is 0 Å². The molecule has 1 heterocycles. The third kappa shape index (κ3) is 4.19. The van der Waals surface area contributed by atoms with Crippen molar-refractivity contribution in [3.63, 3.8) is 0 Å². The van der Waals surface area contributed by atoms with E-state index in [9.17, 15) is 4.79 Å². The van der Waals surface area contributed by atoms with Gasteiger partial charge in [0.25, 0.3) is 0 Å². The maximum Gasteiger partial charge on any atom is 0.227 e. The van der Waals surface area contributed by atoms with Gasteiger partial charge < -0.3 is 15.0 Å². The van der Waals surface area contributed by atoms with E-state index in [4.69, 9.17) is 10.00 Å². The lowest BCUT2D eigenvalue weighted by atomic mass is 9.91. The zero-order valence-electron chi connectivity index (χ0n) is 13.5. The van der Waals surface area contributed by atoms with Crippen LogP contribution >= 0.6 is 0 Å². The number of benzene rings is 1. The molecule has 0 bridgehead atoms. The number of nitrogens with one attached hydrogen (secondary N) is 1. The zero-order valence-corrected chi connectivity index (χ0v) is 13.5. The molecule has 1 aromatic rings. The van der Waals surface area contributed by atoms with Crippen molar-refractivity contribution >= 4 is 5.91 Å². The first-order valence-electron chi connectivity index (χ1n) is 7.83. The molecule has 23 heavy (non-hydrogen) atoms. The molecule has 1 saturated heterocycles. The van der Waals surface area contributed by atoms with E-state index in [-0.39, 0.29) is 17.9 Å². The van der Waals surface area contributed by atoms with E-state index in [1.54, 1.807) is 25.3 Å². The summed E-state index contributed by atoms with van der Waals surface area (Å²) in [5.41, 5.74) is 1.65. The van der Waals surface area contributed by atoms with E-state index in [2.05, 4.69) is 18.0 Å². The van der Waals surface area contributed by atoms with Gasteiger partial charge in [0.05, 0.1) is 24.2 Å². The highest BCUT2D eigenvalue weighted by molar-refractivity contribution is 5.82. The summed E-state index contributed by atoms with van der Waals surface area (Å²) in [7, 11) is 1.66. The topological polar surface area (TPSA) is 65.4 Å². The highest BCUT2D eigenvalue weighted by Crippen LogP contribution is 2.31. The average Bonchev–Trinajstić information content (AvgIpc) is 2.93. The number of likely N-dealkylation sites (tertiary alicyclic amines) is 1. The van der Waals surface area contributed by atoms with Gasteiger partial charge in [-0.2, -0.15) is 5.26 Å². The van der Waals surface area contributed by atoms with Crippen molar-refractivity contribution in [2.75, 3.05) is 33.4 Å². The molecule has 1 aliphatic heterocycles. The predicted molar refractivity (Wildman–Crippen MR) is 88.7 cm³/mol. The molecule has 5 nitrogen and oxygen atoms in total. The number of carbonyl (C=O) groups is 1. The number of methoxy groups -OCH3 is 1. The number of nitrogens with zero attached hydrogens (tertiary/aromatic N) is 2. The minimum absolute atomic E-state index is 0.0693. The molecule has 0 aliphatic carbocycles. The van der Waals surface area contributed by atoms with Gasteiger partial charge in [0.15, 0.2) is 0 Å². The van der Waals surface area contributed by atoms with Gasteiger partial charge in [-0.1, -0.05) is 18.2 Å². The summed E-state index contributed by atoms with van der Waals surface area (Å²) in [6.07, 6.45) is 2.58. The van der Waals surface area contributed by atoms with E-state index in [1.807, 2.05) is 17.0 Å². The zero-order chi connectivity index (χ0) is 16.7. The monoisotopic (exact) mass is 313 g/mol. The van der Waals surface area contributed by atoms with Gasteiger partial charge in [0.1, 0.15) is 0 Å². The first-order valence-corrected chi connectivity index (χ1v) is 7.83. The molecule has 122 valence electrons. The van der Waals surface area contributed by atoms with Crippen LogP contribution in [-0.4, -0.2) is 44.2 Å². The lowest BCUT2D eigenvalue weighted by Gasteiger charge is -2.25. The van der Waals surface area contributed by atoms with Crippen LogP contribution in [-0.2, 0) is 9.53 Å². The van der Waals surface area contributed by atoms with Crippen molar-refractivity contribution in [2.45, 2.75) is 12.5 Å². The van der Waals surface area contributed by atoms with Crippen LogP contribution in [0.25, 0.3) is 0 Å². The normalized spacial score (nSPS) is 18.7. The Bertz CT molecular complexity index is 577. The van der Waals surface area contributed by atoms with Crippen LogP contribution in [0.5, 0.6) is 0 Å².